The molecule has 1 N–H and O–H groups in total. The number of benzene rings is 1. The molecule has 5 nitrogen and oxygen atoms in total. The molecule has 0 heterocycles. The van der Waals surface area contributed by atoms with Gasteiger partial charge in [-0.1, -0.05) is 25.1 Å². The van der Waals surface area contributed by atoms with Gasteiger partial charge < -0.3 is 10.1 Å². The van der Waals surface area contributed by atoms with Gasteiger partial charge in [0.2, 0.25) is 5.91 Å². The summed E-state index contributed by atoms with van der Waals surface area (Å²) in [4.78, 5) is 23.6. The number of carbonyl (C=O) groups excluding carboxylic acids is 2. The number of ketones is 1. The molecule has 1 aromatic rings. The van der Waals surface area contributed by atoms with Gasteiger partial charge in [-0.25, -0.2) is 0 Å². The van der Waals surface area contributed by atoms with Gasteiger partial charge in [0.15, 0.2) is 11.7 Å². The van der Waals surface area contributed by atoms with Crippen molar-refractivity contribution in [2.24, 2.45) is 5.92 Å². The van der Waals surface area contributed by atoms with Crippen molar-refractivity contribution in [3.8, 4) is 11.8 Å². The van der Waals surface area contributed by atoms with Gasteiger partial charge in [-0.3, -0.25) is 9.59 Å². The van der Waals surface area contributed by atoms with E-state index in [1.54, 1.807) is 36.4 Å². The van der Waals surface area contributed by atoms with E-state index in [1.165, 1.54) is 6.08 Å². The van der Waals surface area contributed by atoms with Crippen LogP contribution in [0.1, 0.15) is 25.8 Å². The molecule has 0 spiro atoms. The summed E-state index contributed by atoms with van der Waals surface area (Å²) in [5.41, 5.74) is 0.794. The monoisotopic (exact) mass is 300 g/mol. The first-order valence-electron chi connectivity index (χ1n) is 7.24. The lowest BCUT2D eigenvalue weighted by Crippen LogP contribution is -2.34. The average molecular weight is 300 g/mol. The number of nitrogens with one attached hydrogen (secondary N) is 1. The minimum Gasteiger partial charge on any atom is -0.494 e. The normalized spacial score (nSPS) is 11.7. The number of ether oxygens (including phenoxy) is 1. The summed E-state index contributed by atoms with van der Waals surface area (Å²) in [6.45, 7) is 4.84. The highest BCUT2D eigenvalue weighted by atomic mass is 16.5. The van der Waals surface area contributed by atoms with Crippen molar-refractivity contribution in [1.29, 1.82) is 5.26 Å². The van der Waals surface area contributed by atoms with Crippen molar-refractivity contribution >= 4 is 17.8 Å². The molecule has 1 rings (SSSR count). The summed E-state index contributed by atoms with van der Waals surface area (Å²) in [5, 5.41) is 11.5. The van der Waals surface area contributed by atoms with Crippen molar-refractivity contribution in [2.75, 3.05) is 13.2 Å². The predicted octanol–water partition coefficient (Wildman–Crippen LogP) is 2.33. The van der Waals surface area contributed by atoms with Crippen LogP contribution < -0.4 is 10.1 Å². The van der Waals surface area contributed by atoms with Crippen molar-refractivity contribution < 1.29 is 14.3 Å². The first-order chi connectivity index (χ1) is 10.6. The molecule has 0 bridgehead atoms. The van der Waals surface area contributed by atoms with Crippen LogP contribution in [0.5, 0.6) is 5.75 Å². The zero-order valence-electron chi connectivity index (χ0n) is 12.8. The highest BCUT2D eigenvalue weighted by molar-refractivity contribution is 6.10. The van der Waals surface area contributed by atoms with E-state index < -0.39 is 17.6 Å². The Morgan fingerprint density at radius 2 is 2.00 bits per heavy atom. The summed E-state index contributed by atoms with van der Waals surface area (Å²) < 4.78 is 5.32. The van der Waals surface area contributed by atoms with E-state index in [0.29, 0.717) is 13.2 Å². The highest BCUT2D eigenvalue weighted by Crippen LogP contribution is 2.13. The molecule has 116 valence electrons. The van der Waals surface area contributed by atoms with E-state index >= 15 is 0 Å². The van der Waals surface area contributed by atoms with Crippen LogP contribution in [0.15, 0.2) is 30.3 Å². The Kier molecular flexibility index (Phi) is 7.41. The lowest BCUT2D eigenvalue weighted by Gasteiger charge is -2.06. The van der Waals surface area contributed by atoms with Crippen LogP contribution in [0.3, 0.4) is 0 Å². The van der Waals surface area contributed by atoms with E-state index in [-0.39, 0.29) is 0 Å². The molecule has 0 fully saturated rings. The van der Waals surface area contributed by atoms with Crippen LogP contribution in [0.4, 0.5) is 0 Å². The third-order valence-electron chi connectivity index (χ3n) is 2.86. The number of rotatable bonds is 8. The third-order valence-corrected chi connectivity index (χ3v) is 2.86. The lowest BCUT2D eigenvalue weighted by atomic mass is 10.0. The molecular formula is C17H20N2O3. The molecule has 0 aliphatic rings. The fourth-order valence-corrected chi connectivity index (χ4v) is 1.72. The molecule has 0 saturated heterocycles. The topological polar surface area (TPSA) is 79.2 Å². The molecule has 1 aromatic carbocycles. The van der Waals surface area contributed by atoms with Gasteiger partial charge in [0, 0.05) is 6.54 Å². The molecule has 1 unspecified atom stereocenters. The van der Waals surface area contributed by atoms with Crippen molar-refractivity contribution in [1.82, 2.24) is 5.32 Å². The van der Waals surface area contributed by atoms with Gasteiger partial charge >= 0.3 is 0 Å². The Labute approximate surface area is 130 Å². The van der Waals surface area contributed by atoms with Crippen molar-refractivity contribution in [2.45, 2.75) is 20.3 Å². The number of carbonyl (C=O) groups is 2. The average Bonchev–Trinajstić information content (AvgIpc) is 2.53. The quantitative estimate of drug-likeness (QED) is 0.590. The van der Waals surface area contributed by atoms with Gasteiger partial charge in [0.05, 0.1) is 12.7 Å². The minimum absolute atomic E-state index is 0.451. The second kappa shape index (κ2) is 9.35. The zero-order valence-corrected chi connectivity index (χ0v) is 12.8. The Morgan fingerprint density at radius 1 is 1.32 bits per heavy atom. The SMILES string of the molecule is CCCNC(=O)C(C#N)C(=O)C=Cc1ccc(OCC)cc1. The van der Waals surface area contributed by atoms with E-state index in [1.807, 2.05) is 13.8 Å². The Hall–Kier alpha value is -2.61. The second-order valence-corrected chi connectivity index (χ2v) is 4.59. The fourth-order valence-electron chi connectivity index (χ4n) is 1.72. The molecular weight excluding hydrogens is 280 g/mol. The number of hydrogen-bond acceptors (Lipinski definition) is 4. The van der Waals surface area contributed by atoms with E-state index in [4.69, 9.17) is 10.00 Å². The number of hydrogen-bond donors (Lipinski definition) is 1. The van der Waals surface area contributed by atoms with E-state index in [9.17, 15) is 9.59 Å². The van der Waals surface area contributed by atoms with E-state index in [0.717, 1.165) is 17.7 Å². The van der Waals surface area contributed by atoms with Gasteiger partial charge in [-0.05, 0) is 37.1 Å². The van der Waals surface area contributed by atoms with Crippen LogP contribution in [0.25, 0.3) is 6.08 Å². The first kappa shape index (κ1) is 17.4. The van der Waals surface area contributed by atoms with Crippen LogP contribution in [-0.2, 0) is 9.59 Å². The van der Waals surface area contributed by atoms with Crippen LogP contribution >= 0.6 is 0 Å². The first-order valence-corrected chi connectivity index (χ1v) is 7.24. The molecule has 0 radical (unpaired) electrons. The maximum Gasteiger partial charge on any atom is 0.245 e. The highest BCUT2D eigenvalue weighted by Gasteiger charge is 2.23. The smallest absolute Gasteiger partial charge is 0.245 e. The standard InChI is InChI=1S/C17H20N2O3/c1-3-11-19-17(21)15(12-18)16(20)10-7-13-5-8-14(9-6-13)22-4-2/h5-10,15H,3-4,11H2,1-2H3,(H,19,21). The molecule has 0 aliphatic heterocycles. The molecule has 22 heavy (non-hydrogen) atoms. The largest absolute Gasteiger partial charge is 0.494 e. The molecule has 0 aliphatic carbocycles. The number of nitriles is 1. The summed E-state index contributed by atoms with van der Waals surface area (Å²) in [7, 11) is 0. The summed E-state index contributed by atoms with van der Waals surface area (Å²) in [6.07, 6.45) is 3.59. The van der Waals surface area contributed by atoms with Gasteiger partial charge in [0.1, 0.15) is 5.75 Å². The maximum atomic E-state index is 11.9. The zero-order chi connectivity index (χ0) is 16.4. The molecule has 1 atom stereocenters. The van der Waals surface area contributed by atoms with Gasteiger partial charge in [-0.2, -0.15) is 5.26 Å². The lowest BCUT2D eigenvalue weighted by molar-refractivity contribution is -0.129. The number of amides is 1. The second-order valence-electron chi connectivity index (χ2n) is 4.59. The Bertz CT molecular complexity index is 571. The Balaban J connectivity index is 2.69. The van der Waals surface area contributed by atoms with Crippen LogP contribution in [0, 0.1) is 17.2 Å². The summed E-state index contributed by atoms with van der Waals surface area (Å²) >= 11 is 0. The minimum atomic E-state index is -1.30. The summed E-state index contributed by atoms with van der Waals surface area (Å²) in [5.74, 6) is -1.62. The molecule has 1 amide bonds. The fraction of sp³-hybridized carbons (Fsp3) is 0.353. The predicted molar refractivity (Wildman–Crippen MR) is 84.1 cm³/mol. The number of nitrogens with zero attached hydrogens (tertiary/aromatic N) is 1. The van der Waals surface area contributed by atoms with Crippen LogP contribution in [-0.4, -0.2) is 24.8 Å². The molecule has 0 saturated carbocycles. The number of allylic oxidation sites excluding steroid dienone is 1. The molecule has 5 heteroatoms. The van der Waals surface area contributed by atoms with Crippen LogP contribution in [0.2, 0.25) is 0 Å². The third kappa shape index (κ3) is 5.41. The van der Waals surface area contributed by atoms with Crippen molar-refractivity contribution in [3.63, 3.8) is 0 Å². The van der Waals surface area contributed by atoms with Gasteiger partial charge in [-0.15, -0.1) is 0 Å². The summed E-state index contributed by atoms with van der Waals surface area (Å²) in [6, 6.07) is 8.93. The van der Waals surface area contributed by atoms with E-state index in [2.05, 4.69) is 5.32 Å². The van der Waals surface area contributed by atoms with Gasteiger partial charge in [0.25, 0.3) is 0 Å². The Morgan fingerprint density at radius 3 is 2.55 bits per heavy atom. The maximum absolute atomic E-state index is 11.9. The molecule has 0 aromatic heterocycles. The van der Waals surface area contributed by atoms with Crippen molar-refractivity contribution in [3.05, 3.63) is 35.9 Å².